The number of halogens is 1. The SMILES string of the molecule is C=NC(Cl)=Nc1c(C)cc2n1C1(CCCC1)CNC2=O. The van der Waals surface area contributed by atoms with Crippen LogP contribution in [0.1, 0.15) is 41.7 Å². The fourth-order valence-electron chi connectivity index (χ4n) is 3.38. The van der Waals surface area contributed by atoms with Crippen LogP contribution in [0.15, 0.2) is 16.1 Å². The Morgan fingerprint density at radius 3 is 2.85 bits per heavy atom. The minimum absolute atomic E-state index is 0.0465. The third-order valence-electron chi connectivity index (χ3n) is 4.31. The van der Waals surface area contributed by atoms with Crippen LogP contribution < -0.4 is 5.32 Å². The number of aromatic nitrogens is 1. The zero-order valence-electron chi connectivity index (χ0n) is 11.4. The molecule has 0 saturated heterocycles. The molecular weight excluding hydrogens is 276 g/mol. The smallest absolute Gasteiger partial charge is 0.268 e. The van der Waals surface area contributed by atoms with Crippen LogP contribution in [0.4, 0.5) is 5.82 Å². The van der Waals surface area contributed by atoms with Gasteiger partial charge in [-0.3, -0.25) is 4.79 Å². The van der Waals surface area contributed by atoms with Crippen molar-refractivity contribution in [2.45, 2.75) is 38.1 Å². The zero-order chi connectivity index (χ0) is 14.3. The monoisotopic (exact) mass is 292 g/mol. The molecule has 20 heavy (non-hydrogen) atoms. The molecule has 1 aromatic rings. The number of amides is 1. The van der Waals surface area contributed by atoms with Crippen LogP contribution >= 0.6 is 11.6 Å². The molecule has 0 bridgehead atoms. The maximum absolute atomic E-state index is 12.1. The van der Waals surface area contributed by atoms with Crippen LogP contribution in [-0.4, -0.2) is 29.0 Å². The molecule has 2 aliphatic rings. The molecule has 0 aromatic carbocycles. The van der Waals surface area contributed by atoms with Crippen molar-refractivity contribution in [1.82, 2.24) is 9.88 Å². The summed E-state index contributed by atoms with van der Waals surface area (Å²) in [6.45, 7) is 5.98. The molecular formula is C14H17ClN4O. The molecule has 1 saturated carbocycles. The van der Waals surface area contributed by atoms with E-state index in [0.717, 1.165) is 24.2 Å². The predicted octanol–water partition coefficient (Wildman–Crippen LogP) is 2.74. The Balaban J connectivity index is 2.22. The molecule has 5 nitrogen and oxygen atoms in total. The van der Waals surface area contributed by atoms with Gasteiger partial charge in [-0.2, -0.15) is 0 Å². The molecule has 1 amide bonds. The molecule has 2 heterocycles. The largest absolute Gasteiger partial charge is 0.348 e. The van der Waals surface area contributed by atoms with Crippen molar-refractivity contribution in [3.63, 3.8) is 0 Å². The molecule has 3 rings (SSSR count). The Morgan fingerprint density at radius 2 is 2.20 bits per heavy atom. The van der Waals surface area contributed by atoms with Gasteiger partial charge in [0.25, 0.3) is 5.91 Å². The van der Waals surface area contributed by atoms with Crippen molar-refractivity contribution in [3.05, 3.63) is 17.3 Å². The van der Waals surface area contributed by atoms with Crippen molar-refractivity contribution in [2.24, 2.45) is 9.98 Å². The van der Waals surface area contributed by atoms with E-state index in [0.29, 0.717) is 12.2 Å². The first-order valence-electron chi connectivity index (χ1n) is 6.79. The second-order valence-corrected chi connectivity index (χ2v) is 5.86. The number of amidine groups is 1. The molecule has 1 aliphatic carbocycles. The molecule has 106 valence electrons. The van der Waals surface area contributed by atoms with E-state index in [1.54, 1.807) is 0 Å². The highest BCUT2D eigenvalue weighted by Gasteiger charge is 2.43. The highest BCUT2D eigenvalue weighted by Crippen LogP contribution is 2.43. The van der Waals surface area contributed by atoms with E-state index in [1.165, 1.54) is 12.8 Å². The first-order valence-corrected chi connectivity index (χ1v) is 7.17. The highest BCUT2D eigenvalue weighted by molar-refractivity contribution is 6.65. The lowest BCUT2D eigenvalue weighted by atomic mass is 9.94. The van der Waals surface area contributed by atoms with E-state index in [1.807, 2.05) is 13.0 Å². The molecule has 1 fully saturated rings. The standard InChI is InChI=1S/C14H17ClN4O/c1-9-7-10-12(20)17-8-14(5-3-4-6-14)19(10)11(9)18-13(15)16-2/h7H,2-6,8H2,1H3,(H,17,20). The van der Waals surface area contributed by atoms with Crippen LogP contribution in [-0.2, 0) is 5.54 Å². The number of aliphatic imine (C=N–C) groups is 2. The third kappa shape index (κ3) is 1.88. The van der Waals surface area contributed by atoms with Crippen molar-refractivity contribution >= 4 is 35.3 Å². The van der Waals surface area contributed by atoms with Gasteiger partial charge in [-0.1, -0.05) is 12.8 Å². The fourth-order valence-corrected chi connectivity index (χ4v) is 3.46. The van der Waals surface area contributed by atoms with Gasteiger partial charge in [0.15, 0.2) is 0 Å². The van der Waals surface area contributed by atoms with E-state index in [2.05, 4.69) is 26.6 Å². The number of fused-ring (bicyclic) bond motifs is 2. The van der Waals surface area contributed by atoms with Crippen LogP contribution in [0, 0.1) is 6.92 Å². The minimum atomic E-state index is -0.0608. The Hall–Kier alpha value is -1.62. The Morgan fingerprint density at radius 1 is 1.50 bits per heavy atom. The maximum Gasteiger partial charge on any atom is 0.268 e. The summed E-state index contributed by atoms with van der Waals surface area (Å²) in [5.41, 5.74) is 1.54. The summed E-state index contributed by atoms with van der Waals surface area (Å²) in [4.78, 5) is 20.1. The van der Waals surface area contributed by atoms with Gasteiger partial charge in [0.1, 0.15) is 11.5 Å². The fraction of sp³-hybridized carbons (Fsp3) is 0.500. The third-order valence-corrected chi connectivity index (χ3v) is 4.51. The Kier molecular flexibility index (Phi) is 3.17. The van der Waals surface area contributed by atoms with Gasteiger partial charge in [-0.15, -0.1) is 0 Å². The first kappa shape index (κ1) is 13.4. The summed E-state index contributed by atoms with van der Waals surface area (Å²) in [7, 11) is 0. The quantitative estimate of drug-likeness (QED) is 0.483. The van der Waals surface area contributed by atoms with E-state index >= 15 is 0 Å². The summed E-state index contributed by atoms with van der Waals surface area (Å²) in [6.07, 6.45) is 4.44. The highest BCUT2D eigenvalue weighted by atomic mass is 35.5. The van der Waals surface area contributed by atoms with E-state index in [9.17, 15) is 4.79 Å². The number of aryl methyl sites for hydroxylation is 1. The summed E-state index contributed by atoms with van der Waals surface area (Å²) in [5.74, 6) is 0.684. The predicted molar refractivity (Wildman–Crippen MR) is 80.4 cm³/mol. The van der Waals surface area contributed by atoms with Gasteiger partial charge in [0.2, 0.25) is 5.29 Å². The molecule has 6 heteroatoms. The second kappa shape index (κ2) is 4.74. The average molecular weight is 293 g/mol. The van der Waals surface area contributed by atoms with Gasteiger partial charge in [0, 0.05) is 6.54 Å². The van der Waals surface area contributed by atoms with Crippen molar-refractivity contribution in [1.29, 1.82) is 0 Å². The van der Waals surface area contributed by atoms with Gasteiger partial charge in [-0.05, 0) is 49.7 Å². The lowest BCUT2D eigenvalue weighted by Gasteiger charge is -2.37. The number of carbonyl (C=O) groups is 1. The number of hydrogen-bond donors (Lipinski definition) is 1. The van der Waals surface area contributed by atoms with Crippen molar-refractivity contribution in [2.75, 3.05) is 6.54 Å². The number of carbonyl (C=O) groups excluding carboxylic acids is 1. The molecule has 1 aliphatic heterocycles. The molecule has 0 atom stereocenters. The number of nitrogens with zero attached hydrogens (tertiary/aromatic N) is 3. The first-order chi connectivity index (χ1) is 9.57. The summed E-state index contributed by atoms with van der Waals surface area (Å²) in [6, 6.07) is 1.88. The maximum atomic E-state index is 12.1. The van der Waals surface area contributed by atoms with Crippen molar-refractivity contribution in [3.8, 4) is 0 Å². The molecule has 1 aromatic heterocycles. The summed E-state index contributed by atoms with van der Waals surface area (Å²) >= 11 is 5.91. The number of nitrogens with one attached hydrogen (secondary N) is 1. The molecule has 0 unspecified atom stereocenters. The molecule has 1 N–H and O–H groups in total. The molecule has 1 spiro atoms. The summed E-state index contributed by atoms with van der Waals surface area (Å²) < 4.78 is 2.07. The zero-order valence-corrected chi connectivity index (χ0v) is 12.2. The van der Waals surface area contributed by atoms with Crippen LogP contribution in [0.3, 0.4) is 0 Å². The van der Waals surface area contributed by atoms with Crippen LogP contribution in [0.5, 0.6) is 0 Å². The van der Waals surface area contributed by atoms with Crippen LogP contribution in [0.2, 0.25) is 0 Å². The van der Waals surface area contributed by atoms with E-state index in [4.69, 9.17) is 11.6 Å². The Bertz CT molecular complexity index is 611. The molecule has 0 radical (unpaired) electrons. The second-order valence-electron chi connectivity index (χ2n) is 5.52. The number of hydrogen-bond acceptors (Lipinski definition) is 2. The average Bonchev–Trinajstić information content (AvgIpc) is 3.02. The van der Waals surface area contributed by atoms with Gasteiger partial charge >= 0.3 is 0 Å². The lowest BCUT2D eigenvalue weighted by Crippen LogP contribution is -2.49. The summed E-state index contributed by atoms with van der Waals surface area (Å²) in [5, 5.41) is 3.11. The van der Waals surface area contributed by atoms with Gasteiger partial charge in [-0.25, -0.2) is 9.98 Å². The van der Waals surface area contributed by atoms with E-state index < -0.39 is 0 Å². The van der Waals surface area contributed by atoms with E-state index in [-0.39, 0.29) is 16.7 Å². The van der Waals surface area contributed by atoms with Gasteiger partial charge in [0.05, 0.1) is 5.54 Å². The minimum Gasteiger partial charge on any atom is -0.348 e. The topological polar surface area (TPSA) is 58.8 Å². The normalized spacial score (nSPS) is 20.9. The van der Waals surface area contributed by atoms with Crippen LogP contribution in [0.25, 0.3) is 0 Å². The van der Waals surface area contributed by atoms with Gasteiger partial charge < -0.3 is 9.88 Å². The lowest BCUT2D eigenvalue weighted by molar-refractivity contribution is 0.0874. The Labute approximate surface area is 122 Å². The number of rotatable bonds is 1. The van der Waals surface area contributed by atoms with Crippen molar-refractivity contribution < 1.29 is 4.79 Å².